The Balaban J connectivity index is 0.00000341. The molecule has 1 aromatic heterocycles. The van der Waals surface area contributed by atoms with E-state index < -0.39 is 29.7 Å². The maximum atomic E-state index is 14.8. The molecule has 2 heterocycles. The molecule has 1 aromatic carbocycles. The van der Waals surface area contributed by atoms with Crippen molar-refractivity contribution in [3.05, 3.63) is 58.4 Å². The lowest BCUT2D eigenvalue weighted by Crippen LogP contribution is -2.33. The molecule has 0 saturated heterocycles. The highest BCUT2D eigenvalue weighted by Crippen LogP contribution is 2.39. The van der Waals surface area contributed by atoms with E-state index in [-0.39, 0.29) is 60.4 Å². The number of fused-ring (bicyclic) bond motifs is 1. The summed E-state index contributed by atoms with van der Waals surface area (Å²) in [6, 6.07) is 4.48. The largest absolute Gasteiger partial charge is 0.459 e. The van der Waals surface area contributed by atoms with Crippen molar-refractivity contribution in [2.45, 2.75) is 26.0 Å². The highest BCUT2D eigenvalue weighted by molar-refractivity contribution is 5.93. The van der Waals surface area contributed by atoms with Crippen LogP contribution in [-0.2, 0) is 14.3 Å². The van der Waals surface area contributed by atoms with Gasteiger partial charge in [-0.1, -0.05) is 12.1 Å². The van der Waals surface area contributed by atoms with Crippen molar-refractivity contribution < 1.29 is 23.0 Å². The van der Waals surface area contributed by atoms with Gasteiger partial charge in [0.05, 0.1) is 36.8 Å². The molecule has 1 aliphatic heterocycles. The zero-order valence-corrected chi connectivity index (χ0v) is 17.7. The zero-order chi connectivity index (χ0) is 21.8. The lowest BCUT2D eigenvalue weighted by atomic mass is 9.94. The van der Waals surface area contributed by atoms with Gasteiger partial charge in [0, 0.05) is 12.1 Å². The van der Waals surface area contributed by atoms with Crippen LogP contribution in [0.4, 0.5) is 14.6 Å². The van der Waals surface area contributed by atoms with Crippen molar-refractivity contribution in [2.75, 3.05) is 25.1 Å². The van der Waals surface area contributed by atoms with Crippen molar-refractivity contribution >= 4 is 24.2 Å². The highest BCUT2D eigenvalue weighted by atomic mass is 35.5. The summed E-state index contributed by atoms with van der Waals surface area (Å²) in [5, 5.41) is 16.5. The summed E-state index contributed by atoms with van der Waals surface area (Å²) in [4.78, 5) is 13.0. The third kappa shape index (κ3) is 4.85. The number of hydrogen-bond acceptors (Lipinski definition) is 7. The number of anilines is 1. The second-order valence-electron chi connectivity index (χ2n) is 6.82. The van der Waals surface area contributed by atoms with Crippen LogP contribution in [0.15, 0.2) is 35.7 Å². The standard InChI is InChI=1S/C20H21F2N5O3.ClH/c1-11(2)30-20(28)16-15(10-29-7-6-23)26-19-12(8-24)9-25-27(19)18(16)13-4-3-5-14(21)17(13)22;/h3-5,9,11,18,26H,6-7,10,23H2,1-2H3;1H. The first-order valence-corrected chi connectivity index (χ1v) is 9.29. The SMILES string of the molecule is CC(C)OC(=O)C1=C(COCCN)Nc2c(C#N)cnn2C1c1cccc(F)c1F.Cl. The average molecular weight is 454 g/mol. The third-order valence-electron chi connectivity index (χ3n) is 4.38. The van der Waals surface area contributed by atoms with E-state index in [4.69, 9.17) is 15.2 Å². The van der Waals surface area contributed by atoms with Gasteiger partial charge in [0.2, 0.25) is 0 Å². The number of halogens is 3. The quantitative estimate of drug-likeness (QED) is 0.489. The molecule has 1 atom stereocenters. The van der Waals surface area contributed by atoms with Crippen molar-refractivity contribution in [1.82, 2.24) is 9.78 Å². The van der Waals surface area contributed by atoms with Gasteiger partial charge in [-0.05, 0) is 19.9 Å². The second-order valence-corrected chi connectivity index (χ2v) is 6.82. The molecule has 1 unspecified atom stereocenters. The zero-order valence-electron chi connectivity index (χ0n) is 16.9. The van der Waals surface area contributed by atoms with Crippen LogP contribution >= 0.6 is 12.4 Å². The van der Waals surface area contributed by atoms with Crippen LogP contribution in [0.5, 0.6) is 0 Å². The summed E-state index contributed by atoms with van der Waals surface area (Å²) in [7, 11) is 0. The first-order valence-electron chi connectivity index (χ1n) is 9.29. The van der Waals surface area contributed by atoms with Gasteiger partial charge in [-0.3, -0.25) is 0 Å². The minimum absolute atomic E-state index is 0. The Bertz CT molecular complexity index is 1030. The number of aromatic nitrogens is 2. The van der Waals surface area contributed by atoms with E-state index in [1.54, 1.807) is 13.8 Å². The number of nitriles is 1. The summed E-state index contributed by atoms with van der Waals surface area (Å²) in [5.74, 6) is -2.70. The first-order chi connectivity index (χ1) is 14.4. The van der Waals surface area contributed by atoms with Crippen LogP contribution in [0.25, 0.3) is 0 Å². The monoisotopic (exact) mass is 453 g/mol. The van der Waals surface area contributed by atoms with Crippen molar-refractivity contribution in [2.24, 2.45) is 5.73 Å². The number of carbonyl (C=O) groups excluding carboxylic acids is 1. The predicted octanol–water partition coefficient (Wildman–Crippen LogP) is 2.65. The Labute approximate surface area is 184 Å². The molecular weight excluding hydrogens is 432 g/mol. The number of nitrogens with zero attached hydrogens (tertiary/aromatic N) is 3. The molecule has 0 radical (unpaired) electrons. The number of nitrogens with one attached hydrogen (secondary N) is 1. The number of ether oxygens (including phenoxy) is 2. The fourth-order valence-corrected chi connectivity index (χ4v) is 3.16. The van der Waals surface area contributed by atoms with Crippen molar-refractivity contribution in [3.8, 4) is 6.07 Å². The molecular formula is C20H22ClF2N5O3. The van der Waals surface area contributed by atoms with Gasteiger partial charge < -0.3 is 20.5 Å². The van der Waals surface area contributed by atoms with E-state index >= 15 is 0 Å². The first kappa shape index (κ1) is 24.3. The van der Waals surface area contributed by atoms with Crippen LogP contribution in [-0.4, -0.2) is 41.6 Å². The molecule has 0 amide bonds. The summed E-state index contributed by atoms with van der Waals surface area (Å²) in [5.41, 5.74) is 5.77. The molecule has 0 aliphatic carbocycles. The van der Waals surface area contributed by atoms with Gasteiger partial charge in [-0.25, -0.2) is 18.3 Å². The predicted molar refractivity (Wildman–Crippen MR) is 110 cm³/mol. The molecule has 0 fully saturated rings. The molecule has 3 N–H and O–H groups in total. The molecule has 0 bridgehead atoms. The summed E-state index contributed by atoms with van der Waals surface area (Å²) in [6.07, 6.45) is 0.824. The van der Waals surface area contributed by atoms with Crippen molar-refractivity contribution in [3.63, 3.8) is 0 Å². The van der Waals surface area contributed by atoms with Gasteiger partial charge >= 0.3 is 5.97 Å². The summed E-state index contributed by atoms with van der Waals surface area (Å²) >= 11 is 0. The fourth-order valence-electron chi connectivity index (χ4n) is 3.16. The van der Waals surface area contributed by atoms with Gasteiger partial charge in [-0.15, -0.1) is 12.4 Å². The second kappa shape index (κ2) is 10.3. The smallest absolute Gasteiger partial charge is 0.338 e. The average Bonchev–Trinajstić information content (AvgIpc) is 3.11. The number of esters is 1. The Morgan fingerprint density at radius 1 is 1.42 bits per heavy atom. The number of hydrogen-bond donors (Lipinski definition) is 2. The lowest BCUT2D eigenvalue weighted by Gasteiger charge is -2.31. The Morgan fingerprint density at radius 3 is 2.81 bits per heavy atom. The minimum Gasteiger partial charge on any atom is -0.459 e. The minimum atomic E-state index is -1.17. The van der Waals surface area contributed by atoms with Gasteiger partial charge in [-0.2, -0.15) is 10.4 Å². The Hall–Kier alpha value is -3.00. The molecule has 2 aromatic rings. The molecule has 3 rings (SSSR count). The summed E-state index contributed by atoms with van der Waals surface area (Å²) < 4.78 is 40.9. The van der Waals surface area contributed by atoms with Gasteiger partial charge in [0.25, 0.3) is 0 Å². The van der Waals surface area contributed by atoms with Crippen LogP contribution < -0.4 is 11.1 Å². The molecule has 11 heteroatoms. The fraction of sp³-hybridized carbons (Fsp3) is 0.350. The van der Waals surface area contributed by atoms with Crippen LogP contribution in [0.3, 0.4) is 0 Å². The summed E-state index contributed by atoms with van der Waals surface area (Å²) in [6.45, 7) is 3.72. The molecule has 31 heavy (non-hydrogen) atoms. The van der Waals surface area contributed by atoms with E-state index in [1.807, 2.05) is 6.07 Å². The van der Waals surface area contributed by atoms with Crippen LogP contribution in [0, 0.1) is 23.0 Å². The van der Waals surface area contributed by atoms with Crippen LogP contribution in [0.2, 0.25) is 0 Å². The number of benzene rings is 1. The van der Waals surface area contributed by atoms with E-state index in [0.29, 0.717) is 0 Å². The topological polar surface area (TPSA) is 115 Å². The molecule has 1 aliphatic rings. The lowest BCUT2D eigenvalue weighted by molar-refractivity contribution is -0.143. The van der Waals surface area contributed by atoms with E-state index in [2.05, 4.69) is 10.4 Å². The maximum absolute atomic E-state index is 14.8. The van der Waals surface area contributed by atoms with Gasteiger partial charge in [0.1, 0.15) is 23.5 Å². The molecule has 0 spiro atoms. The van der Waals surface area contributed by atoms with Crippen molar-refractivity contribution in [1.29, 1.82) is 5.26 Å². The molecule has 0 saturated carbocycles. The molecule has 8 nitrogen and oxygen atoms in total. The Morgan fingerprint density at radius 2 is 2.16 bits per heavy atom. The van der Waals surface area contributed by atoms with Gasteiger partial charge in [0.15, 0.2) is 11.6 Å². The third-order valence-corrected chi connectivity index (χ3v) is 4.38. The van der Waals surface area contributed by atoms with Crippen LogP contribution in [0.1, 0.15) is 31.0 Å². The van der Waals surface area contributed by atoms with E-state index in [9.17, 15) is 18.8 Å². The van der Waals surface area contributed by atoms with E-state index in [1.165, 1.54) is 23.0 Å². The number of rotatable bonds is 7. The Kier molecular flexibility index (Phi) is 8.10. The maximum Gasteiger partial charge on any atom is 0.338 e. The molecule has 166 valence electrons. The normalized spacial score (nSPS) is 15.1. The van der Waals surface area contributed by atoms with E-state index in [0.717, 1.165) is 6.07 Å². The number of carbonyl (C=O) groups is 1. The number of nitrogens with two attached hydrogens (primary N) is 1. The highest BCUT2D eigenvalue weighted by Gasteiger charge is 2.38.